The zero-order chi connectivity index (χ0) is 13.0. The Bertz CT molecular complexity index is 501. The first-order valence-corrected chi connectivity index (χ1v) is 7.53. The Morgan fingerprint density at radius 2 is 2.11 bits per heavy atom. The molecule has 0 radical (unpaired) electrons. The van der Waals surface area contributed by atoms with Crippen LogP contribution >= 0.6 is 23.1 Å². The Morgan fingerprint density at radius 1 is 1.39 bits per heavy atom. The number of hydrogen-bond acceptors (Lipinski definition) is 5. The number of aromatic nitrogens is 1. The Balaban J connectivity index is 2.09. The summed E-state index contributed by atoms with van der Waals surface area (Å²) in [5.74, 6) is 0.514. The molecule has 1 unspecified atom stereocenters. The predicted octanol–water partition coefficient (Wildman–Crippen LogP) is 2.39. The van der Waals surface area contributed by atoms with Crippen molar-refractivity contribution in [1.82, 2.24) is 4.98 Å². The maximum Gasteiger partial charge on any atom is 0.150 e. The van der Waals surface area contributed by atoms with Gasteiger partial charge in [-0.2, -0.15) is 0 Å². The van der Waals surface area contributed by atoms with Crippen LogP contribution in [-0.4, -0.2) is 22.4 Å². The average Bonchev–Trinajstić information content (AvgIpc) is 2.83. The maximum atomic E-state index is 10.6. The summed E-state index contributed by atoms with van der Waals surface area (Å²) in [7, 11) is 0. The predicted molar refractivity (Wildman–Crippen MR) is 77.0 cm³/mol. The van der Waals surface area contributed by atoms with E-state index in [4.69, 9.17) is 5.73 Å². The van der Waals surface area contributed by atoms with Crippen molar-refractivity contribution in [3.05, 3.63) is 47.0 Å². The van der Waals surface area contributed by atoms with Crippen LogP contribution in [0.3, 0.4) is 0 Å². The zero-order valence-electron chi connectivity index (χ0n) is 10.2. The minimum atomic E-state index is -0.995. The van der Waals surface area contributed by atoms with E-state index in [0.29, 0.717) is 5.75 Å². The van der Waals surface area contributed by atoms with E-state index in [0.717, 1.165) is 15.6 Å². The van der Waals surface area contributed by atoms with Gasteiger partial charge in [-0.05, 0) is 12.5 Å². The minimum Gasteiger partial charge on any atom is -0.383 e. The van der Waals surface area contributed by atoms with Gasteiger partial charge in [0.2, 0.25) is 0 Å². The molecule has 3 nitrogen and oxygen atoms in total. The number of thiazole rings is 1. The van der Waals surface area contributed by atoms with E-state index in [2.05, 4.69) is 4.98 Å². The number of nitrogens with two attached hydrogens (primary N) is 1. The number of hydrogen-bond donors (Lipinski definition) is 2. The molecule has 3 N–H and O–H groups in total. The van der Waals surface area contributed by atoms with Crippen LogP contribution in [0.1, 0.15) is 11.3 Å². The molecule has 1 aromatic carbocycles. The van der Waals surface area contributed by atoms with E-state index < -0.39 is 5.60 Å². The summed E-state index contributed by atoms with van der Waals surface area (Å²) in [5, 5.41) is 12.6. The third-order valence-electron chi connectivity index (χ3n) is 2.68. The van der Waals surface area contributed by atoms with Gasteiger partial charge >= 0.3 is 0 Å². The Morgan fingerprint density at radius 3 is 2.67 bits per heavy atom. The Labute approximate surface area is 115 Å². The lowest BCUT2D eigenvalue weighted by Crippen LogP contribution is -2.37. The summed E-state index contributed by atoms with van der Waals surface area (Å²) in [6, 6.07) is 9.56. The molecule has 0 aliphatic heterocycles. The fourth-order valence-electron chi connectivity index (χ4n) is 1.59. The van der Waals surface area contributed by atoms with Gasteiger partial charge in [-0.15, -0.1) is 11.3 Å². The Kier molecular flexibility index (Phi) is 4.40. The van der Waals surface area contributed by atoms with E-state index in [1.54, 1.807) is 23.1 Å². The van der Waals surface area contributed by atoms with Crippen molar-refractivity contribution >= 4 is 23.1 Å². The lowest BCUT2D eigenvalue weighted by molar-refractivity contribution is 0.0721. The van der Waals surface area contributed by atoms with Gasteiger partial charge in [0, 0.05) is 23.4 Å². The van der Waals surface area contributed by atoms with Gasteiger partial charge in [0.05, 0.1) is 0 Å². The lowest BCUT2D eigenvalue weighted by atomic mass is 9.96. The molecule has 0 spiro atoms. The van der Waals surface area contributed by atoms with Crippen LogP contribution in [0.25, 0.3) is 0 Å². The van der Waals surface area contributed by atoms with Crippen LogP contribution in [0, 0.1) is 6.92 Å². The average molecular weight is 280 g/mol. The summed E-state index contributed by atoms with van der Waals surface area (Å²) in [5.41, 5.74) is 6.60. The van der Waals surface area contributed by atoms with Gasteiger partial charge in [-0.25, -0.2) is 4.98 Å². The zero-order valence-corrected chi connectivity index (χ0v) is 11.8. The van der Waals surface area contributed by atoms with E-state index in [9.17, 15) is 5.11 Å². The van der Waals surface area contributed by atoms with Gasteiger partial charge < -0.3 is 10.8 Å². The molecule has 96 valence electrons. The summed E-state index contributed by atoms with van der Waals surface area (Å²) in [4.78, 5) is 4.37. The first-order valence-electron chi connectivity index (χ1n) is 5.67. The molecular formula is C13H16N2OS2. The topological polar surface area (TPSA) is 59.1 Å². The molecule has 0 amide bonds. The van der Waals surface area contributed by atoms with E-state index in [1.165, 1.54) is 0 Å². The number of nitrogens with zero attached hydrogens (tertiary/aromatic N) is 1. The van der Waals surface area contributed by atoms with Crippen LogP contribution in [-0.2, 0) is 5.60 Å². The number of benzene rings is 1. The molecule has 1 atom stereocenters. The Hall–Kier alpha value is -0.880. The van der Waals surface area contributed by atoms with E-state index in [-0.39, 0.29) is 6.54 Å². The highest BCUT2D eigenvalue weighted by molar-refractivity contribution is 8.01. The molecule has 18 heavy (non-hydrogen) atoms. The summed E-state index contributed by atoms with van der Waals surface area (Å²) >= 11 is 3.14. The molecule has 5 heteroatoms. The molecule has 1 heterocycles. The van der Waals surface area contributed by atoms with Gasteiger partial charge in [0.15, 0.2) is 0 Å². The monoisotopic (exact) mass is 280 g/mol. The number of rotatable bonds is 5. The fourth-order valence-corrected chi connectivity index (χ4v) is 3.56. The molecule has 2 rings (SSSR count). The SMILES string of the molecule is Cc1csc(SCC(O)(CN)c2ccccc2)n1. The molecule has 0 saturated heterocycles. The highest BCUT2D eigenvalue weighted by Gasteiger charge is 2.28. The summed E-state index contributed by atoms with van der Waals surface area (Å²) in [6.07, 6.45) is 0. The maximum absolute atomic E-state index is 10.6. The van der Waals surface area contributed by atoms with Crippen LogP contribution in [0.5, 0.6) is 0 Å². The van der Waals surface area contributed by atoms with Gasteiger partial charge in [0.25, 0.3) is 0 Å². The quantitative estimate of drug-likeness (QED) is 0.826. The molecular weight excluding hydrogens is 264 g/mol. The fraction of sp³-hybridized carbons (Fsp3) is 0.308. The molecule has 0 aliphatic rings. The molecule has 0 saturated carbocycles. The summed E-state index contributed by atoms with van der Waals surface area (Å²) in [6.45, 7) is 2.17. The molecule has 0 aliphatic carbocycles. The first kappa shape index (κ1) is 13.5. The molecule has 2 aromatic rings. The van der Waals surface area contributed by atoms with Crippen molar-refractivity contribution in [2.24, 2.45) is 5.73 Å². The highest BCUT2D eigenvalue weighted by Crippen LogP contribution is 2.30. The number of thioether (sulfide) groups is 1. The first-order chi connectivity index (χ1) is 8.64. The smallest absolute Gasteiger partial charge is 0.150 e. The van der Waals surface area contributed by atoms with Gasteiger partial charge in [-0.3, -0.25) is 0 Å². The highest BCUT2D eigenvalue weighted by atomic mass is 32.2. The van der Waals surface area contributed by atoms with E-state index >= 15 is 0 Å². The van der Waals surface area contributed by atoms with Crippen molar-refractivity contribution in [2.45, 2.75) is 16.9 Å². The summed E-state index contributed by atoms with van der Waals surface area (Å²) < 4.78 is 0.968. The standard InChI is InChI=1S/C13H16N2OS2/c1-10-7-17-12(15-10)18-9-13(16,8-14)11-5-3-2-4-6-11/h2-7,16H,8-9,14H2,1H3. The van der Waals surface area contributed by atoms with Crippen LogP contribution < -0.4 is 5.73 Å². The second kappa shape index (κ2) is 5.84. The molecule has 1 aromatic heterocycles. The normalized spacial score (nSPS) is 14.4. The van der Waals surface area contributed by atoms with Crippen LogP contribution in [0.4, 0.5) is 0 Å². The molecule has 0 bridgehead atoms. The number of aliphatic hydroxyl groups is 1. The van der Waals surface area contributed by atoms with Crippen LogP contribution in [0.15, 0.2) is 40.1 Å². The second-order valence-corrected chi connectivity index (χ2v) is 6.23. The van der Waals surface area contributed by atoms with E-state index in [1.807, 2.05) is 42.6 Å². The largest absolute Gasteiger partial charge is 0.383 e. The minimum absolute atomic E-state index is 0.203. The van der Waals surface area contributed by atoms with Gasteiger partial charge in [-0.1, -0.05) is 42.1 Å². The molecule has 0 fully saturated rings. The third kappa shape index (κ3) is 3.11. The lowest BCUT2D eigenvalue weighted by Gasteiger charge is -2.26. The van der Waals surface area contributed by atoms with Crippen molar-refractivity contribution < 1.29 is 5.11 Å². The van der Waals surface area contributed by atoms with Crippen molar-refractivity contribution in [3.63, 3.8) is 0 Å². The second-order valence-electron chi connectivity index (χ2n) is 4.15. The van der Waals surface area contributed by atoms with Crippen molar-refractivity contribution in [2.75, 3.05) is 12.3 Å². The number of aryl methyl sites for hydroxylation is 1. The van der Waals surface area contributed by atoms with Gasteiger partial charge in [0.1, 0.15) is 9.94 Å². The third-order valence-corrected chi connectivity index (χ3v) is 5.04. The van der Waals surface area contributed by atoms with Crippen LogP contribution in [0.2, 0.25) is 0 Å². The van der Waals surface area contributed by atoms with Crippen molar-refractivity contribution in [3.8, 4) is 0 Å². The van der Waals surface area contributed by atoms with Crippen molar-refractivity contribution in [1.29, 1.82) is 0 Å².